The van der Waals surface area contributed by atoms with Gasteiger partial charge in [-0.2, -0.15) is 24.5 Å². The van der Waals surface area contributed by atoms with Crippen LogP contribution in [-0.4, -0.2) is 23.4 Å². The van der Waals surface area contributed by atoms with Crippen LogP contribution in [0.25, 0.3) is 0 Å². The molecule has 5 nitrogen and oxygen atoms in total. The van der Waals surface area contributed by atoms with E-state index in [2.05, 4.69) is 5.16 Å². The predicted octanol–water partition coefficient (Wildman–Crippen LogP) is 5.70. The Bertz CT molecular complexity index is 1080. The molecule has 0 radical (unpaired) electrons. The number of aliphatic carboxylic acids is 1. The molecular weight excluding hydrogens is 443 g/mol. The Morgan fingerprint density at radius 3 is 2.44 bits per heavy atom. The fraction of sp³-hybridized carbons (Fsp3) is 0.217. The quantitative estimate of drug-likeness (QED) is 0.326. The second-order valence-electron chi connectivity index (χ2n) is 6.98. The molecule has 0 amide bonds. The SMILES string of the molecule is Cc1cc(C(Cc2ccsc2)=NOCc2ccc(C(F)(F)F)cc2)ccc1OCC(=O)O. The molecule has 1 N–H and O–H groups in total. The molecule has 3 rings (SSSR count). The summed E-state index contributed by atoms with van der Waals surface area (Å²) in [6.45, 7) is 1.38. The number of carbonyl (C=O) groups is 1. The van der Waals surface area contributed by atoms with Crippen molar-refractivity contribution < 1.29 is 32.6 Å². The minimum atomic E-state index is -4.39. The summed E-state index contributed by atoms with van der Waals surface area (Å²) in [4.78, 5) is 16.2. The third-order valence-electron chi connectivity index (χ3n) is 4.50. The number of alkyl halides is 3. The fourth-order valence-electron chi connectivity index (χ4n) is 2.88. The number of halogens is 3. The molecule has 0 bridgehead atoms. The summed E-state index contributed by atoms with van der Waals surface area (Å²) < 4.78 is 43.4. The molecule has 0 atom stereocenters. The molecule has 0 saturated heterocycles. The largest absolute Gasteiger partial charge is 0.482 e. The fourth-order valence-corrected chi connectivity index (χ4v) is 3.55. The molecule has 3 aromatic rings. The first kappa shape index (κ1) is 23.3. The van der Waals surface area contributed by atoms with Crippen LogP contribution in [0.2, 0.25) is 0 Å². The van der Waals surface area contributed by atoms with Crippen molar-refractivity contribution in [2.45, 2.75) is 26.1 Å². The maximum Gasteiger partial charge on any atom is 0.416 e. The van der Waals surface area contributed by atoms with Crippen LogP contribution in [0, 0.1) is 6.92 Å². The van der Waals surface area contributed by atoms with Gasteiger partial charge >= 0.3 is 12.1 Å². The minimum absolute atomic E-state index is 0.0179. The number of aryl methyl sites for hydroxylation is 1. The Morgan fingerprint density at radius 2 is 1.84 bits per heavy atom. The molecule has 1 heterocycles. The van der Waals surface area contributed by atoms with Crippen molar-refractivity contribution in [2.75, 3.05) is 6.61 Å². The number of thiophene rings is 1. The first-order chi connectivity index (χ1) is 15.2. The summed E-state index contributed by atoms with van der Waals surface area (Å²) in [5.41, 5.74) is 3.01. The summed E-state index contributed by atoms with van der Waals surface area (Å²) in [7, 11) is 0. The molecule has 32 heavy (non-hydrogen) atoms. The van der Waals surface area contributed by atoms with Crippen LogP contribution in [-0.2, 0) is 28.8 Å². The van der Waals surface area contributed by atoms with Gasteiger partial charge in [0.15, 0.2) is 6.61 Å². The van der Waals surface area contributed by atoms with Gasteiger partial charge in [0, 0.05) is 12.0 Å². The molecule has 0 unspecified atom stereocenters. The molecule has 0 aliphatic heterocycles. The summed E-state index contributed by atoms with van der Waals surface area (Å²) in [6.07, 6.45) is -3.89. The van der Waals surface area contributed by atoms with Gasteiger partial charge in [-0.1, -0.05) is 17.3 Å². The average molecular weight is 463 g/mol. The van der Waals surface area contributed by atoms with E-state index < -0.39 is 24.3 Å². The van der Waals surface area contributed by atoms with E-state index in [1.807, 2.05) is 22.9 Å². The monoisotopic (exact) mass is 463 g/mol. The summed E-state index contributed by atoms with van der Waals surface area (Å²) in [5.74, 6) is -0.610. The van der Waals surface area contributed by atoms with E-state index in [9.17, 15) is 18.0 Å². The number of hydrogen-bond acceptors (Lipinski definition) is 5. The predicted molar refractivity (Wildman–Crippen MR) is 115 cm³/mol. The molecule has 0 aliphatic carbocycles. The first-order valence-corrected chi connectivity index (χ1v) is 10.5. The van der Waals surface area contributed by atoms with E-state index in [4.69, 9.17) is 14.7 Å². The van der Waals surface area contributed by atoms with Crippen molar-refractivity contribution in [1.82, 2.24) is 0 Å². The highest BCUT2D eigenvalue weighted by Crippen LogP contribution is 2.29. The van der Waals surface area contributed by atoms with Crippen LogP contribution in [0.5, 0.6) is 5.75 Å². The lowest BCUT2D eigenvalue weighted by molar-refractivity contribution is -0.139. The van der Waals surface area contributed by atoms with Gasteiger partial charge in [0.2, 0.25) is 0 Å². The van der Waals surface area contributed by atoms with E-state index >= 15 is 0 Å². The Balaban J connectivity index is 1.76. The summed E-state index contributed by atoms with van der Waals surface area (Å²) in [6, 6.07) is 12.0. The van der Waals surface area contributed by atoms with Gasteiger partial charge in [0.25, 0.3) is 0 Å². The molecule has 0 fully saturated rings. The molecular formula is C23H20F3NO4S. The van der Waals surface area contributed by atoms with Crippen molar-refractivity contribution in [2.24, 2.45) is 5.16 Å². The van der Waals surface area contributed by atoms with Crippen molar-refractivity contribution in [3.63, 3.8) is 0 Å². The van der Waals surface area contributed by atoms with E-state index in [1.54, 1.807) is 30.4 Å². The first-order valence-electron chi connectivity index (χ1n) is 9.54. The zero-order chi connectivity index (χ0) is 23.1. The Morgan fingerprint density at radius 1 is 1.09 bits per heavy atom. The Kier molecular flexibility index (Phi) is 7.53. The number of rotatable bonds is 9. The molecule has 9 heteroatoms. The van der Waals surface area contributed by atoms with Crippen molar-refractivity contribution in [3.8, 4) is 5.75 Å². The molecule has 0 spiro atoms. The number of carboxylic acid groups (broad SMARTS) is 1. The normalized spacial score (nSPS) is 11.9. The van der Waals surface area contributed by atoms with Gasteiger partial charge in [0.1, 0.15) is 12.4 Å². The third kappa shape index (κ3) is 6.58. The van der Waals surface area contributed by atoms with Gasteiger partial charge in [-0.05, 0) is 70.8 Å². The number of oxime groups is 1. The van der Waals surface area contributed by atoms with Crippen LogP contribution in [0.15, 0.2) is 64.4 Å². The van der Waals surface area contributed by atoms with Crippen LogP contribution >= 0.6 is 11.3 Å². The molecule has 1 aromatic heterocycles. The van der Waals surface area contributed by atoms with E-state index in [-0.39, 0.29) is 6.61 Å². The van der Waals surface area contributed by atoms with Crippen LogP contribution in [0.3, 0.4) is 0 Å². The number of nitrogens with zero attached hydrogens (tertiary/aromatic N) is 1. The van der Waals surface area contributed by atoms with Crippen molar-refractivity contribution in [3.05, 3.63) is 87.1 Å². The second kappa shape index (κ2) is 10.3. The number of ether oxygens (including phenoxy) is 1. The highest BCUT2D eigenvalue weighted by molar-refractivity contribution is 7.08. The highest BCUT2D eigenvalue weighted by atomic mass is 32.1. The lowest BCUT2D eigenvalue weighted by atomic mass is 10.0. The maximum absolute atomic E-state index is 12.7. The van der Waals surface area contributed by atoms with Crippen LogP contribution in [0.1, 0.15) is 27.8 Å². The summed E-state index contributed by atoms with van der Waals surface area (Å²) in [5, 5.41) is 17.0. The smallest absolute Gasteiger partial charge is 0.416 e. The maximum atomic E-state index is 12.7. The Hall–Kier alpha value is -3.33. The lowest BCUT2D eigenvalue weighted by Gasteiger charge is -2.11. The second-order valence-corrected chi connectivity index (χ2v) is 7.76. The van der Waals surface area contributed by atoms with Gasteiger partial charge in [-0.3, -0.25) is 0 Å². The minimum Gasteiger partial charge on any atom is -0.482 e. The topological polar surface area (TPSA) is 68.1 Å². The van der Waals surface area contributed by atoms with Crippen molar-refractivity contribution in [1.29, 1.82) is 0 Å². The summed E-state index contributed by atoms with van der Waals surface area (Å²) >= 11 is 1.55. The standard InChI is InChI=1S/C23H20F3NO4S/c1-15-10-18(4-7-21(15)30-13-22(28)29)20(11-17-8-9-32-14-17)27-31-12-16-2-5-19(6-3-16)23(24,25)26/h2-10,14H,11-13H2,1H3,(H,28,29). The molecule has 168 valence electrons. The molecule has 0 aliphatic rings. The average Bonchev–Trinajstić information content (AvgIpc) is 3.25. The Labute approximate surface area is 186 Å². The van der Waals surface area contributed by atoms with E-state index in [1.165, 1.54) is 12.1 Å². The van der Waals surface area contributed by atoms with Crippen LogP contribution < -0.4 is 4.74 Å². The third-order valence-corrected chi connectivity index (χ3v) is 5.23. The molecule has 2 aromatic carbocycles. The van der Waals surface area contributed by atoms with Crippen LogP contribution in [0.4, 0.5) is 13.2 Å². The van der Waals surface area contributed by atoms with E-state index in [0.717, 1.165) is 28.8 Å². The highest BCUT2D eigenvalue weighted by Gasteiger charge is 2.29. The van der Waals surface area contributed by atoms with Gasteiger partial charge < -0.3 is 14.7 Å². The lowest BCUT2D eigenvalue weighted by Crippen LogP contribution is -2.11. The van der Waals surface area contributed by atoms with Crippen molar-refractivity contribution >= 4 is 23.0 Å². The zero-order valence-corrected chi connectivity index (χ0v) is 17.9. The van der Waals surface area contributed by atoms with Gasteiger partial charge in [-0.25, -0.2) is 4.79 Å². The number of hydrogen-bond donors (Lipinski definition) is 1. The van der Waals surface area contributed by atoms with E-state index in [0.29, 0.717) is 23.4 Å². The van der Waals surface area contributed by atoms with Gasteiger partial charge in [0.05, 0.1) is 11.3 Å². The number of carboxylic acids is 1. The molecule has 0 saturated carbocycles. The van der Waals surface area contributed by atoms with Gasteiger partial charge in [-0.15, -0.1) is 0 Å². The zero-order valence-electron chi connectivity index (χ0n) is 17.1. The number of benzene rings is 2.